The van der Waals surface area contributed by atoms with Gasteiger partial charge in [-0.3, -0.25) is 0 Å². The third-order valence-electron chi connectivity index (χ3n) is 7.90. The molecular formula is C35H39F4N5O5S. The number of hydrogen-bond acceptors (Lipinski definition) is 9. The topological polar surface area (TPSA) is 124 Å². The molecule has 1 saturated heterocycles. The lowest BCUT2D eigenvalue weighted by Gasteiger charge is -2.36. The molecule has 0 unspecified atom stereocenters. The Labute approximate surface area is 288 Å². The Balaban J connectivity index is 1.41. The normalized spacial score (nSPS) is 17.1. The summed E-state index contributed by atoms with van der Waals surface area (Å²) in [6, 6.07) is 10.3. The lowest BCUT2D eigenvalue weighted by Crippen LogP contribution is -2.51. The number of nitrogens with one attached hydrogen (secondary N) is 1. The Morgan fingerprint density at radius 1 is 1.02 bits per heavy atom. The lowest BCUT2D eigenvalue weighted by molar-refractivity contribution is 0.0123. The number of carbonyl (C=O) groups excluding carboxylic acids is 1. The van der Waals surface area contributed by atoms with Gasteiger partial charge in [0.2, 0.25) is 17.8 Å². The van der Waals surface area contributed by atoms with Crippen molar-refractivity contribution in [2.45, 2.75) is 77.0 Å². The van der Waals surface area contributed by atoms with Crippen LogP contribution in [0.2, 0.25) is 0 Å². The van der Waals surface area contributed by atoms with Crippen molar-refractivity contribution in [3.05, 3.63) is 71.8 Å². The number of fused-ring (bicyclic) bond motifs is 1. The number of piperidine rings is 1. The van der Waals surface area contributed by atoms with E-state index in [1.165, 1.54) is 23.4 Å². The van der Waals surface area contributed by atoms with Gasteiger partial charge in [0.25, 0.3) is 0 Å². The minimum absolute atomic E-state index is 0.0837. The molecule has 2 aromatic heterocycles. The van der Waals surface area contributed by atoms with Crippen molar-refractivity contribution >= 4 is 32.7 Å². The second-order valence-electron chi connectivity index (χ2n) is 13.5. The number of likely N-dealkylation sites (tertiary alicyclic amines) is 1. The molecule has 1 aliphatic heterocycles. The molecule has 4 aromatic rings. The molecule has 0 radical (unpaired) electrons. The van der Waals surface area contributed by atoms with E-state index in [9.17, 15) is 26.4 Å². The number of benzene rings is 2. The molecule has 1 aliphatic rings. The average molecular weight is 718 g/mol. The van der Waals surface area contributed by atoms with Gasteiger partial charge in [-0.15, -0.1) is 0 Å². The second kappa shape index (κ2) is 14.4. The molecule has 5 rings (SSSR count). The SMILES string of the molecule is Cc1ccc2c(CS(=O)(=O)CCC(C)(F)F)c(F)ccc2c1Oc1ncccc1-c1ccnc(N[C@H]2C[C@H](F)CN(C(=O)OC(C)(C)C)C2)n1. The number of carbonyl (C=O) groups is 1. The molecule has 0 aliphatic carbocycles. The van der Waals surface area contributed by atoms with Crippen molar-refractivity contribution < 1.29 is 40.2 Å². The van der Waals surface area contributed by atoms with Gasteiger partial charge >= 0.3 is 6.09 Å². The maximum Gasteiger partial charge on any atom is 0.410 e. The zero-order chi connectivity index (χ0) is 36.4. The van der Waals surface area contributed by atoms with E-state index in [1.807, 2.05) is 0 Å². The monoisotopic (exact) mass is 717 g/mol. The summed E-state index contributed by atoms with van der Waals surface area (Å²) < 4.78 is 93.9. The molecule has 1 amide bonds. The number of anilines is 1. The predicted molar refractivity (Wildman–Crippen MR) is 181 cm³/mol. The van der Waals surface area contributed by atoms with Gasteiger partial charge in [0, 0.05) is 48.8 Å². The van der Waals surface area contributed by atoms with E-state index in [0.717, 1.165) is 6.07 Å². The maximum absolute atomic E-state index is 15.1. The minimum Gasteiger partial charge on any atom is -0.444 e. The lowest BCUT2D eigenvalue weighted by atomic mass is 10.0. The summed E-state index contributed by atoms with van der Waals surface area (Å²) in [6.07, 6.45) is 0.378. The number of hydrogen-bond donors (Lipinski definition) is 1. The van der Waals surface area contributed by atoms with Crippen LogP contribution in [0.3, 0.4) is 0 Å². The standard InChI is InChI=1S/C35H39F4N5O5S/c1-21-8-9-24-25(10-11-28(37)27(24)20-50(46,47)16-13-35(5,38)39)30(21)48-31-26(7-6-14-40-31)29-12-15-41-32(43-29)42-23-17-22(36)18-44(19-23)33(45)49-34(2,3)4/h6-12,14-15,22-23H,13,16-20H2,1-5H3,(H,41,42,43)/t22-,23-/m0/s1. The van der Waals surface area contributed by atoms with Gasteiger partial charge in [-0.1, -0.05) is 12.1 Å². The molecule has 268 valence electrons. The fraction of sp³-hybridized carbons (Fsp3) is 0.429. The molecular weight excluding hydrogens is 678 g/mol. The van der Waals surface area contributed by atoms with Gasteiger partial charge in [-0.2, -0.15) is 0 Å². The van der Waals surface area contributed by atoms with Crippen molar-refractivity contribution in [1.82, 2.24) is 19.9 Å². The third-order valence-corrected chi connectivity index (χ3v) is 9.46. The van der Waals surface area contributed by atoms with Crippen molar-refractivity contribution in [3.8, 4) is 22.9 Å². The molecule has 1 fully saturated rings. The first-order valence-electron chi connectivity index (χ1n) is 16.0. The molecule has 3 heterocycles. The first-order chi connectivity index (χ1) is 23.4. The first-order valence-corrected chi connectivity index (χ1v) is 17.8. The van der Waals surface area contributed by atoms with Crippen LogP contribution in [0.4, 0.5) is 28.3 Å². The van der Waals surface area contributed by atoms with Crippen LogP contribution >= 0.6 is 0 Å². The van der Waals surface area contributed by atoms with Crippen molar-refractivity contribution in [2.24, 2.45) is 0 Å². The van der Waals surface area contributed by atoms with Gasteiger partial charge in [-0.25, -0.2) is 45.7 Å². The Morgan fingerprint density at radius 2 is 1.76 bits per heavy atom. The Bertz CT molecular complexity index is 1980. The number of aryl methyl sites for hydroxylation is 1. The van der Waals surface area contributed by atoms with Crippen LogP contribution < -0.4 is 10.1 Å². The number of ether oxygens (including phenoxy) is 2. The average Bonchev–Trinajstić information content (AvgIpc) is 3.02. The van der Waals surface area contributed by atoms with Crippen molar-refractivity contribution in [1.29, 1.82) is 0 Å². The van der Waals surface area contributed by atoms with E-state index in [0.29, 0.717) is 29.1 Å². The van der Waals surface area contributed by atoms with Gasteiger partial charge in [0.05, 0.1) is 29.3 Å². The number of amides is 1. The summed E-state index contributed by atoms with van der Waals surface area (Å²) in [5, 5.41) is 3.77. The summed E-state index contributed by atoms with van der Waals surface area (Å²) in [4.78, 5) is 27.3. The summed E-state index contributed by atoms with van der Waals surface area (Å²) in [6.45, 7) is 7.71. The van der Waals surface area contributed by atoms with Gasteiger partial charge < -0.3 is 19.7 Å². The number of pyridine rings is 1. The molecule has 1 N–H and O–H groups in total. The van der Waals surface area contributed by atoms with E-state index in [2.05, 4.69) is 20.3 Å². The van der Waals surface area contributed by atoms with E-state index in [4.69, 9.17) is 9.47 Å². The highest BCUT2D eigenvalue weighted by molar-refractivity contribution is 7.90. The molecule has 15 heteroatoms. The van der Waals surface area contributed by atoms with Crippen LogP contribution in [0.5, 0.6) is 11.6 Å². The smallest absolute Gasteiger partial charge is 0.410 e. The van der Waals surface area contributed by atoms with Gasteiger partial charge in [0.15, 0.2) is 9.84 Å². The molecule has 0 saturated carbocycles. The summed E-state index contributed by atoms with van der Waals surface area (Å²) in [7, 11) is -4.08. The number of sulfone groups is 1. The van der Waals surface area contributed by atoms with Crippen LogP contribution in [0.25, 0.3) is 22.0 Å². The number of rotatable bonds is 10. The highest BCUT2D eigenvalue weighted by atomic mass is 32.2. The fourth-order valence-electron chi connectivity index (χ4n) is 5.57. The van der Waals surface area contributed by atoms with Gasteiger partial charge in [-0.05, 0) is 75.9 Å². The highest BCUT2D eigenvalue weighted by Crippen LogP contribution is 2.38. The first kappa shape index (κ1) is 36.7. The van der Waals surface area contributed by atoms with Gasteiger partial charge in [0.1, 0.15) is 23.3 Å². The highest BCUT2D eigenvalue weighted by Gasteiger charge is 2.33. The summed E-state index contributed by atoms with van der Waals surface area (Å²) in [5.74, 6) is -4.93. The van der Waals surface area contributed by atoms with Crippen LogP contribution in [0, 0.1) is 12.7 Å². The number of nitrogens with zero attached hydrogens (tertiary/aromatic N) is 4. The number of aromatic nitrogens is 3. The Morgan fingerprint density at radius 3 is 2.48 bits per heavy atom. The van der Waals surface area contributed by atoms with E-state index >= 15 is 4.39 Å². The van der Waals surface area contributed by atoms with Crippen LogP contribution in [0.1, 0.15) is 51.7 Å². The van der Waals surface area contributed by atoms with Crippen LogP contribution in [-0.4, -0.2) is 76.9 Å². The molecule has 10 nitrogen and oxygen atoms in total. The summed E-state index contributed by atoms with van der Waals surface area (Å²) in [5.41, 5.74) is 0.624. The largest absolute Gasteiger partial charge is 0.444 e. The number of halogens is 4. The van der Waals surface area contributed by atoms with E-state index in [-0.39, 0.29) is 48.0 Å². The molecule has 50 heavy (non-hydrogen) atoms. The maximum atomic E-state index is 15.1. The van der Waals surface area contributed by atoms with E-state index in [1.54, 1.807) is 58.0 Å². The molecule has 2 atom stereocenters. The predicted octanol–water partition coefficient (Wildman–Crippen LogP) is 7.65. The molecule has 0 spiro atoms. The third kappa shape index (κ3) is 9.37. The summed E-state index contributed by atoms with van der Waals surface area (Å²) >= 11 is 0. The zero-order valence-electron chi connectivity index (χ0n) is 28.3. The van der Waals surface area contributed by atoms with Crippen LogP contribution in [-0.2, 0) is 20.3 Å². The van der Waals surface area contributed by atoms with Crippen molar-refractivity contribution in [3.63, 3.8) is 0 Å². The Kier molecular flexibility index (Phi) is 10.6. The fourth-order valence-corrected chi connectivity index (χ4v) is 7.12. The molecule has 2 aromatic carbocycles. The zero-order valence-corrected chi connectivity index (χ0v) is 29.2. The van der Waals surface area contributed by atoms with Crippen molar-refractivity contribution in [2.75, 3.05) is 24.2 Å². The van der Waals surface area contributed by atoms with Crippen LogP contribution in [0.15, 0.2) is 54.9 Å². The molecule has 0 bridgehead atoms. The number of alkyl halides is 3. The van der Waals surface area contributed by atoms with E-state index < -0.39 is 63.4 Å². The minimum atomic E-state index is -4.08. The quantitative estimate of drug-likeness (QED) is 0.165. The Hall–Kier alpha value is -4.53. The second-order valence-corrected chi connectivity index (χ2v) is 15.7.